The summed E-state index contributed by atoms with van der Waals surface area (Å²) in [5.41, 5.74) is 7.68. The van der Waals surface area contributed by atoms with Gasteiger partial charge in [-0.2, -0.15) is 10.2 Å². The molecule has 2 aromatic heterocycles. The smallest absolute Gasteiger partial charge is 0.252 e. The van der Waals surface area contributed by atoms with Crippen molar-refractivity contribution in [2.24, 2.45) is 5.73 Å². The van der Waals surface area contributed by atoms with E-state index in [2.05, 4.69) is 11.1 Å². The monoisotopic (exact) mass is 564 g/mol. The quantitative estimate of drug-likeness (QED) is 0.246. The fraction of sp³-hybridized carbons (Fsp3) is 0.276. The Morgan fingerprint density at radius 3 is 2.55 bits per heavy atom. The molecule has 40 heavy (non-hydrogen) atoms. The molecule has 0 radical (unpaired) electrons. The van der Waals surface area contributed by atoms with E-state index in [1.165, 1.54) is 16.4 Å². The van der Waals surface area contributed by atoms with Crippen LogP contribution in [0.1, 0.15) is 52.6 Å². The number of aromatic nitrogens is 1. The maximum absolute atomic E-state index is 13.4. The Morgan fingerprint density at radius 2 is 1.90 bits per heavy atom. The molecule has 0 aliphatic rings. The maximum Gasteiger partial charge on any atom is 0.252 e. The fourth-order valence-electron chi connectivity index (χ4n) is 4.42. The van der Waals surface area contributed by atoms with Gasteiger partial charge in [0, 0.05) is 13.0 Å². The molecule has 0 saturated heterocycles. The van der Waals surface area contributed by atoms with Crippen molar-refractivity contribution in [1.82, 2.24) is 4.98 Å². The molecule has 0 saturated carbocycles. The van der Waals surface area contributed by atoms with E-state index in [-0.39, 0.29) is 41.6 Å². The van der Waals surface area contributed by atoms with Gasteiger partial charge < -0.3 is 14.9 Å². The number of carbonyl (C=O) groups excluding carboxylic acids is 1. The summed E-state index contributed by atoms with van der Waals surface area (Å²) < 4.78 is 51.9. The number of aryl methyl sites for hydroxylation is 1. The van der Waals surface area contributed by atoms with Gasteiger partial charge in [0.25, 0.3) is 5.91 Å². The highest BCUT2D eigenvalue weighted by molar-refractivity contribution is 7.92. The fourth-order valence-corrected chi connectivity index (χ4v) is 5.35. The molecular weight excluding hydrogens is 535 g/mol. The number of hydrogen-bond donors (Lipinski definition) is 1. The molecule has 0 fully saturated rings. The van der Waals surface area contributed by atoms with E-state index in [1.807, 2.05) is 6.92 Å². The zero-order chi connectivity index (χ0) is 28.9. The number of primary amides is 1. The minimum Gasteiger partial charge on any atom is -0.492 e. The first kappa shape index (κ1) is 28.6. The van der Waals surface area contributed by atoms with Crippen LogP contribution in [0.15, 0.2) is 59.0 Å². The van der Waals surface area contributed by atoms with Crippen LogP contribution < -0.4 is 14.8 Å². The van der Waals surface area contributed by atoms with Crippen LogP contribution in [0.5, 0.6) is 5.75 Å². The van der Waals surface area contributed by atoms with Crippen LogP contribution in [0, 0.1) is 17.1 Å². The summed E-state index contributed by atoms with van der Waals surface area (Å²) in [5.74, 6) is -0.134. The van der Waals surface area contributed by atoms with Gasteiger partial charge >= 0.3 is 0 Å². The summed E-state index contributed by atoms with van der Waals surface area (Å²) in [6, 6.07) is 16.5. The molecule has 2 heterocycles. The predicted molar refractivity (Wildman–Crippen MR) is 149 cm³/mol. The van der Waals surface area contributed by atoms with Gasteiger partial charge in [0.05, 0.1) is 29.4 Å². The van der Waals surface area contributed by atoms with E-state index in [1.54, 1.807) is 42.5 Å². The second kappa shape index (κ2) is 12.2. The molecule has 0 bridgehead atoms. The van der Waals surface area contributed by atoms with Crippen molar-refractivity contribution >= 4 is 32.8 Å². The highest BCUT2D eigenvalue weighted by Gasteiger charge is 2.26. The lowest BCUT2D eigenvalue weighted by Crippen LogP contribution is -2.32. The van der Waals surface area contributed by atoms with Crippen molar-refractivity contribution in [3.63, 3.8) is 0 Å². The third-order valence-corrected chi connectivity index (χ3v) is 7.53. The van der Waals surface area contributed by atoms with Crippen LogP contribution in [0.2, 0.25) is 0 Å². The Kier molecular flexibility index (Phi) is 8.70. The number of nitriles is 1. The molecule has 0 aliphatic carbocycles. The van der Waals surface area contributed by atoms with Gasteiger partial charge in [0.1, 0.15) is 29.2 Å². The summed E-state index contributed by atoms with van der Waals surface area (Å²) >= 11 is 0. The van der Waals surface area contributed by atoms with Crippen molar-refractivity contribution in [2.45, 2.75) is 32.6 Å². The SMILES string of the molecule is CCc1cc2c(C(N)=O)c(Cc3ccc(F)cc3)oc2nc1N(CCCCOc1ccccc1C#N)S(C)(=O)=O. The van der Waals surface area contributed by atoms with E-state index < -0.39 is 15.9 Å². The largest absolute Gasteiger partial charge is 0.492 e. The van der Waals surface area contributed by atoms with Crippen molar-refractivity contribution in [3.05, 3.63) is 88.4 Å². The van der Waals surface area contributed by atoms with Gasteiger partial charge in [-0.15, -0.1) is 0 Å². The normalized spacial score (nSPS) is 11.3. The molecule has 9 nitrogen and oxygen atoms in total. The molecule has 4 rings (SSSR count). The van der Waals surface area contributed by atoms with E-state index >= 15 is 0 Å². The van der Waals surface area contributed by atoms with Gasteiger partial charge in [-0.25, -0.2) is 12.8 Å². The zero-order valence-corrected chi connectivity index (χ0v) is 23.0. The third kappa shape index (κ3) is 6.40. The number of amides is 1. The van der Waals surface area contributed by atoms with Crippen LogP contribution in [-0.2, 0) is 22.9 Å². The summed E-state index contributed by atoms with van der Waals surface area (Å²) in [7, 11) is -3.72. The first-order valence-corrected chi connectivity index (χ1v) is 14.6. The number of pyridine rings is 1. The molecule has 0 aliphatic heterocycles. The number of halogens is 1. The Bertz CT molecular complexity index is 1680. The van der Waals surface area contributed by atoms with Gasteiger partial charge in [-0.05, 0) is 60.7 Å². The number of benzene rings is 2. The Labute approximate surface area is 232 Å². The Morgan fingerprint density at radius 1 is 1.18 bits per heavy atom. The number of sulfonamides is 1. The molecule has 0 unspecified atom stereocenters. The average molecular weight is 565 g/mol. The summed E-state index contributed by atoms with van der Waals surface area (Å²) in [4.78, 5) is 16.9. The van der Waals surface area contributed by atoms with E-state index in [0.717, 1.165) is 6.26 Å². The lowest BCUT2D eigenvalue weighted by Gasteiger charge is -2.23. The molecule has 2 N–H and O–H groups in total. The lowest BCUT2D eigenvalue weighted by atomic mass is 10.0. The first-order chi connectivity index (χ1) is 19.1. The van der Waals surface area contributed by atoms with Gasteiger partial charge in [0.2, 0.25) is 15.7 Å². The zero-order valence-electron chi connectivity index (χ0n) is 22.2. The molecule has 2 aromatic carbocycles. The molecule has 0 atom stereocenters. The molecule has 11 heteroatoms. The Balaban J connectivity index is 1.60. The molecule has 1 amide bonds. The predicted octanol–water partition coefficient (Wildman–Crippen LogP) is 4.72. The van der Waals surface area contributed by atoms with Crippen LogP contribution in [0.3, 0.4) is 0 Å². The summed E-state index contributed by atoms with van der Waals surface area (Å²) in [5, 5.41) is 9.60. The van der Waals surface area contributed by atoms with Crippen LogP contribution in [0.4, 0.5) is 10.2 Å². The maximum atomic E-state index is 13.4. The van der Waals surface area contributed by atoms with Crippen molar-refractivity contribution in [3.8, 4) is 11.8 Å². The Hall–Kier alpha value is -4.43. The minimum absolute atomic E-state index is 0.0863. The van der Waals surface area contributed by atoms with E-state index in [4.69, 9.17) is 14.9 Å². The van der Waals surface area contributed by atoms with Crippen molar-refractivity contribution in [1.29, 1.82) is 5.26 Å². The number of fused-ring (bicyclic) bond motifs is 1. The topological polar surface area (TPSA) is 140 Å². The number of nitrogens with zero attached hydrogens (tertiary/aromatic N) is 3. The number of para-hydroxylation sites is 1. The van der Waals surface area contributed by atoms with Crippen LogP contribution >= 0.6 is 0 Å². The number of furan rings is 1. The highest BCUT2D eigenvalue weighted by atomic mass is 32.2. The van der Waals surface area contributed by atoms with Crippen molar-refractivity contribution in [2.75, 3.05) is 23.7 Å². The number of rotatable bonds is 12. The summed E-state index contributed by atoms with van der Waals surface area (Å²) in [6.07, 6.45) is 2.72. The van der Waals surface area contributed by atoms with Gasteiger partial charge in [-0.1, -0.05) is 31.2 Å². The number of hydrogen-bond acceptors (Lipinski definition) is 7. The minimum atomic E-state index is -3.72. The van der Waals surface area contributed by atoms with Gasteiger partial charge in [-0.3, -0.25) is 9.10 Å². The molecule has 208 valence electrons. The number of nitrogens with two attached hydrogens (primary N) is 1. The highest BCUT2D eigenvalue weighted by Crippen LogP contribution is 2.32. The van der Waals surface area contributed by atoms with Crippen LogP contribution in [0.25, 0.3) is 11.1 Å². The van der Waals surface area contributed by atoms with E-state index in [0.29, 0.717) is 53.7 Å². The van der Waals surface area contributed by atoms with Gasteiger partial charge in [0.15, 0.2) is 0 Å². The molecular formula is C29H29FN4O5S. The number of carbonyl (C=O) groups is 1. The summed E-state index contributed by atoms with van der Waals surface area (Å²) in [6.45, 7) is 2.30. The third-order valence-electron chi connectivity index (χ3n) is 6.37. The number of ether oxygens (including phenoxy) is 1. The molecule has 0 spiro atoms. The molecule has 4 aromatic rings. The standard InChI is InChI=1S/C29H29FN4O5S/c1-3-20-17-23-26(27(32)35)25(16-19-10-12-22(30)13-11-19)39-29(23)33-28(20)34(40(2,36)37)14-6-7-15-38-24-9-5-4-8-21(24)18-31/h4-5,8-13,17H,3,6-7,14-16H2,1-2H3,(H2,32,35). The van der Waals surface area contributed by atoms with E-state index in [9.17, 15) is 22.9 Å². The lowest BCUT2D eigenvalue weighted by molar-refractivity contribution is 0.1000. The second-order valence-corrected chi connectivity index (χ2v) is 11.2. The first-order valence-electron chi connectivity index (χ1n) is 12.7. The van der Waals surface area contributed by atoms with Crippen LogP contribution in [-0.4, -0.2) is 38.7 Å². The van der Waals surface area contributed by atoms with Crippen molar-refractivity contribution < 1.29 is 26.8 Å². The number of unbranched alkanes of at least 4 members (excludes halogenated alkanes) is 1. The number of anilines is 1. The average Bonchev–Trinajstić information content (AvgIpc) is 3.27. The second-order valence-electron chi connectivity index (χ2n) is 9.24.